The van der Waals surface area contributed by atoms with Gasteiger partial charge in [0.15, 0.2) is 0 Å². The van der Waals surface area contributed by atoms with Crippen molar-refractivity contribution in [2.24, 2.45) is 0 Å². The Balaban J connectivity index is 1.78. The molecule has 0 unspecified atom stereocenters. The molecule has 0 saturated heterocycles. The average Bonchev–Trinajstić information content (AvgIpc) is 2.90. The van der Waals surface area contributed by atoms with Gasteiger partial charge in [0.2, 0.25) is 5.91 Å². The highest BCUT2D eigenvalue weighted by atomic mass is 32.2. The largest absolute Gasteiger partial charge is 0.352 e. The molecule has 0 radical (unpaired) electrons. The first-order chi connectivity index (χ1) is 9.16. The smallest absolute Gasteiger partial charge is 0.233 e. The van der Waals surface area contributed by atoms with Crippen LogP contribution in [0, 0.1) is 5.82 Å². The highest BCUT2D eigenvalue weighted by Crippen LogP contribution is 2.22. The molecule has 1 aliphatic rings. The first kappa shape index (κ1) is 14.4. The fourth-order valence-corrected chi connectivity index (χ4v) is 3.18. The molecular formula is C15H20FNOS. The van der Waals surface area contributed by atoms with Crippen molar-refractivity contribution in [2.75, 3.05) is 0 Å². The number of nitrogens with one attached hydrogen (secondary N) is 1. The highest BCUT2D eigenvalue weighted by Gasteiger charge is 2.20. The minimum Gasteiger partial charge on any atom is -0.352 e. The van der Waals surface area contributed by atoms with Crippen LogP contribution in [0.4, 0.5) is 4.39 Å². The Kier molecular flexibility index (Phi) is 5.25. The van der Waals surface area contributed by atoms with Gasteiger partial charge in [-0.05, 0) is 31.4 Å². The van der Waals surface area contributed by atoms with E-state index in [0.29, 0.717) is 17.4 Å². The summed E-state index contributed by atoms with van der Waals surface area (Å²) in [6.07, 6.45) is 4.61. The SMILES string of the molecule is C[C@@H](SCc1ccccc1F)C(=O)NC1CCCC1. The molecule has 4 heteroatoms. The maximum Gasteiger partial charge on any atom is 0.233 e. The van der Waals surface area contributed by atoms with Gasteiger partial charge >= 0.3 is 0 Å². The second-order valence-corrected chi connectivity index (χ2v) is 6.36. The number of hydrogen-bond donors (Lipinski definition) is 1. The fourth-order valence-electron chi connectivity index (χ4n) is 2.29. The number of benzene rings is 1. The molecule has 1 amide bonds. The predicted molar refractivity (Wildman–Crippen MR) is 77.6 cm³/mol. The van der Waals surface area contributed by atoms with Crippen LogP contribution in [-0.2, 0) is 10.5 Å². The van der Waals surface area contributed by atoms with Gasteiger partial charge < -0.3 is 5.32 Å². The summed E-state index contributed by atoms with van der Waals surface area (Å²) >= 11 is 1.48. The van der Waals surface area contributed by atoms with E-state index in [9.17, 15) is 9.18 Å². The van der Waals surface area contributed by atoms with Crippen molar-refractivity contribution in [1.29, 1.82) is 0 Å². The van der Waals surface area contributed by atoms with Gasteiger partial charge in [0.25, 0.3) is 0 Å². The van der Waals surface area contributed by atoms with Crippen LogP contribution in [0.15, 0.2) is 24.3 Å². The van der Waals surface area contributed by atoms with Crippen LogP contribution in [0.25, 0.3) is 0 Å². The summed E-state index contributed by atoms with van der Waals surface area (Å²) in [5.41, 5.74) is 0.660. The third-order valence-corrected chi connectivity index (χ3v) is 4.71. The third-order valence-electron chi connectivity index (χ3n) is 3.52. The molecule has 0 spiro atoms. The maximum absolute atomic E-state index is 13.5. The van der Waals surface area contributed by atoms with Crippen LogP contribution in [-0.4, -0.2) is 17.2 Å². The summed E-state index contributed by atoms with van der Waals surface area (Å²) < 4.78 is 13.5. The zero-order valence-corrected chi connectivity index (χ0v) is 12.0. The minimum atomic E-state index is -0.196. The molecule has 19 heavy (non-hydrogen) atoms. The average molecular weight is 281 g/mol. The lowest BCUT2D eigenvalue weighted by atomic mass is 10.2. The summed E-state index contributed by atoms with van der Waals surface area (Å²) in [6, 6.07) is 7.08. The van der Waals surface area contributed by atoms with Crippen LogP contribution in [0.3, 0.4) is 0 Å². The lowest BCUT2D eigenvalue weighted by molar-refractivity contribution is -0.120. The molecule has 2 rings (SSSR count). The van der Waals surface area contributed by atoms with E-state index in [0.717, 1.165) is 12.8 Å². The number of amides is 1. The van der Waals surface area contributed by atoms with Gasteiger partial charge in [0.1, 0.15) is 5.82 Å². The van der Waals surface area contributed by atoms with Crippen molar-refractivity contribution in [2.45, 2.75) is 49.7 Å². The van der Waals surface area contributed by atoms with E-state index in [1.807, 2.05) is 13.0 Å². The van der Waals surface area contributed by atoms with Crippen LogP contribution >= 0.6 is 11.8 Å². The second kappa shape index (κ2) is 6.94. The Labute approximate surface area is 118 Å². The maximum atomic E-state index is 13.5. The molecule has 1 N–H and O–H groups in total. The van der Waals surface area contributed by atoms with Gasteiger partial charge in [-0.2, -0.15) is 0 Å². The van der Waals surface area contributed by atoms with Crippen molar-refractivity contribution in [3.8, 4) is 0 Å². The predicted octanol–water partition coefficient (Wildman–Crippen LogP) is 3.51. The number of carbonyl (C=O) groups excluding carboxylic acids is 1. The van der Waals surface area contributed by atoms with Crippen LogP contribution < -0.4 is 5.32 Å². The fraction of sp³-hybridized carbons (Fsp3) is 0.533. The summed E-state index contributed by atoms with van der Waals surface area (Å²) in [5.74, 6) is 0.415. The Bertz CT molecular complexity index is 432. The van der Waals surface area contributed by atoms with E-state index in [-0.39, 0.29) is 17.0 Å². The minimum absolute atomic E-state index is 0.0771. The van der Waals surface area contributed by atoms with E-state index in [1.165, 1.54) is 30.7 Å². The summed E-state index contributed by atoms with van der Waals surface area (Å²) in [5, 5.41) is 2.94. The number of thioether (sulfide) groups is 1. The van der Waals surface area contributed by atoms with Crippen LogP contribution in [0.2, 0.25) is 0 Å². The molecule has 1 fully saturated rings. The molecule has 1 atom stereocenters. The van der Waals surface area contributed by atoms with Crippen molar-refractivity contribution < 1.29 is 9.18 Å². The van der Waals surface area contributed by atoms with Gasteiger partial charge in [-0.15, -0.1) is 11.8 Å². The summed E-state index contributed by atoms with van der Waals surface area (Å²) in [4.78, 5) is 12.0. The molecule has 2 nitrogen and oxygen atoms in total. The van der Waals surface area contributed by atoms with Gasteiger partial charge in [-0.1, -0.05) is 31.0 Å². The highest BCUT2D eigenvalue weighted by molar-refractivity contribution is 7.99. The Morgan fingerprint density at radius 3 is 2.79 bits per heavy atom. The molecule has 0 heterocycles. The van der Waals surface area contributed by atoms with Crippen molar-refractivity contribution >= 4 is 17.7 Å². The van der Waals surface area contributed by atoms with Gasteiger partial charge in [-0.25, -0.2) is 4.39 Å². The number of carbonyl (C=O) groups is 1. The Morgan fingerprint density at radius 2 is 2.11 bits per heavy atom. The lowest BCUT2D eigenvalue weighted by Gasteiger charge is -2.16. The molecule has 1 aromatic rings. The van der Waals surface area contributed by atoms with Crippen molar-refractivity contribution in [3.05, 3.63) is 35.6 Å². The van der Waals surface area contributed by atoms with E-state index in [4.69, 9.17) is 0 Å². The molecule has 1 aliphatic carbocycles. The molecular weight excluding hydrogens is 261 g/mol. The molecule has 0 aliphatic heterocycles. The van der Waals surface area contributed by atoms with E-state index >= 15 is 0 Å². The quantitative estimate of drug-likeness (QED) is 0.895. The van der Waals surface area contributed by atoms with Gasteiger partial charge in [0.05, 0.1) is 5.25 Å². The van der Waals surface area contributed by atoms with Crippen LogP contribution in [0.5, 0.6) is 0 Å². The second-order valence-electron chi connectivity index (χ2n) is 5.03. The first-order valence-corrected chi connectivity index (χ1v) is 7.87. The summed E-state index contributed by atoms with van der Waals surface area (Å²) in [6.45, 7) is 1.88. The van der Waals surface area contributed by atoms with E-state index in [1.54, 1.807) is 12.1 Å². The summed E-state index contributed by atoms with van der Waals surface area (Å²) in [7, 11) is 0. The normalized spacial score (nSPS) is 17.4. The van der Waals surface area contributed by atoms with Gasteiger partial charge in [-0.3, -0.25) is 4.79 Å². The zero-order valence-electron chi connectivity index (χ0n) is 11.2. The lowest BCUT2D eigenvalue weighted by Crippen LogP contribution is -2.37. The molecule has 0 bridgehead atoms. The van der Waals surface area contributed by atoms with Gasteiger partial charge in [0, 0.05) is 11.8 Å². The molecule has 104 valence electrons. The number of rotatable bonds is 5. The first-order valence-electron chi connectivity index (χ1n) is 6.82. The third kappa shape index (κ3) is 4.23. The molecule has 0 aromatic heterocycles. The van der Waals surface area contributed by atoms with Crippen molar-refractivity contribution in [3.63, 3.8) is 0 Å². The Morgan fingerprint density at radius 1 is 1.42 bits per heavy atom. The monoisotopic (exact) mass is 281 g/mol. The number of halogens is 1. The molecule has 1 aromatic carbocycles. The van der Waals surface area contributed by atoms with E-state index < -0.39 is 0 Å². The topological polar surface area (TPSA) is 29.1 Å². The zero-order chi connectivity index (χ0) is 13.7. The number of hydrogen-bond acceptors (Lipinski definition) is 2. The standard InChI is InChI=1S/C15H20FNOS/c1-11(15(18)17-13-7-3-4-8-13)19-10-12-6-2-5-9-14(12)16/h2,5-6,9,11,13H,3-4,7-8,10H2,1H3,(H,17,18)/t11-/m1/s1. The van der Waals surface area contributed by atoms with E-state index in [2.05, 4.69) is 5.32 Å². The molecule has 1 saturated carbocycles. The van der Waals surface area contributed by atoms with Crippen molar-refractivity contribution in [1.82, 2.24) is 5.32 Å². The Hall–Kier alpha value is -1.03. The van der Waals surface area contributed by atoms with Crippen LogP contribution in [0.1, 0.15) is 38.2 Å².